The first-order chi connectivity index (χ1) is 10.5. The zero-order valence-electron chi connectivity index (χ0n) is 12.0. The van der Waals surface area contributed by atoms with Crippen LogP contribution in [0.1, 0.15) is 10.4 Å². The third kappa shape index (κ3) is 3.21. The van der Waals surface area contributed by atoms with Gasteiger partial charge in [0.05, 0.1) is 5.92 Å². The SMILES string of the molecule is O=C(c1cc(Cl)cc(Cl)c1)N1CCN(C(=O)C2CNC2)CC1. The molecule has 2 aliphatic rings. The number of benzene rings is 1. The summed E-state index contributed by atoms with van der Waals surface area (Å²) >= 11 is 11.9. The minimum atomic E-state index is -0.0955. The molecule has 0 radical (unpaired) electrons. The lowest BCUT2D eigenvalue weighted by Crippen LogP contribution is -2.57. The number of carbonyl (C=O) groups is 2. The Kier molecular flexibility index (Phi) is 4.57. The average molecular weight is 342 g/mol. The van der Waals surface area contributed by atoms with Crippen molar-refractivity contribution in [2.24, 2.45) is 5.92 Å². The number of hydrogen-bond acceptors (Lipinski definition) is 3. The van der Waals surface area contributed by atoms with Crippen molar-refractivity contribution in [1.29, 1.82) is 0 Å². The zero-order valence-corrected chi connectivity index (χ0v) is 13.5. The Hall–Kier alpha value is -1.30. The van der Waals surface area contributed by atoms with Crippen molar-refractivity contribution in [2.75, 3.05) is 39.3 Å². The van der Waals surface area contributed by atoms with Crippen LogP contribution in [0.3, 0.4) is 0 Å². The van der Waals surface area contributed by atoms with Gasteiger partial charge < -0.3 is 15.1 Å². The summed E-state index contributed by atoms with van der Waals surface area (Å²) in [7, 11) is 0. The first-order valence-electron chi connectivity index (χ1n) is 7.29. The normalized spacial score (nSPS) is 19.0. The van der Waals surface area contributed by atoms with Crippen molar-refractivity contribution in [3.63, 3.8) is 0 Å². The Morgan fingerprint density at radius 2 is 1.50 bits per heavy atom. The summed E-state index contributed by atoms with van der Waals surface area (Å²) in [4.78, 5) is 28.2. The third-order valence-corrected chi connectivity index (χ3v) is 4.56. The molecule has 2 fully saturated rings. The predicted octanol–water partition coefficient (Wildman–Crippen LogP) is 1.50. The van der Waals surface area contributed by atoms with E-state index >= 15 is 0 Å². The van der Waals surface area contributed by atoms with E-state index in [1.54, 1.807) is 23.1 Å². The fourth-order valence-corrected chi connectivity index (χ4v) is 3.24. The fourth-order valence-electron chi connectivity index (χ4n) is 2.71. The second kappa shape index (κ2) is 6.44. The summed E-state index contributed by atoms with van der Waals surface area (Å²) < 4.78 is 0. The average Bonchev–Trinajstić information content (AvgIpc) is 2.44. The molecule has 118 valence electrons. The molecule has 1 aromatic carbocycles. The van der Waals surface area contributed by atoms with E-state index < -0.39 is 0 Å². The van der Waals surface area contributed by atoms with Crippen LogP contribution in [0.5, 0.6) is 0 Å². The molecule has 3 rings (SSSR count). The van der Waals surface area contributed by atoms with Gasteiger partial charge in [-0.1, -0.05) is 23.2 Å². The zero-order chi connectivity index (χ0) is 15.7. The van der Waals surface area contributed by atoms with Gasteiger partial charge in [-0.25, -0.2) is 0 Å². The molecule has 2 amide bonds. The van der Waals surface area contributed by atoms with Crippen molar-refractivity contribution < 1.29 is 9.59 Å². The molecule has 0 atom stereocenters. The standard InChI is InChI=1S/C15H17Cl2N3O2/c16-12-5-10(6-13(17)7-12)14(21)19-1-3-20(4-2-19)15(22)11-8-18-9-11/h5-7,11,18H,1-4,8-9H2. The molecule has 0 spiro atoms. The highest BCUT2D eigenvalue weighted by Gasteiger charge is 2.32. The number of rotatable bonds is 2. The monoisotopic (exact) mass is 341 g/mol. The van der Waals surface area contributed by atoms with E-state index in [0.29, 0.717) is 41.8 Å². The predicted molar refractivity (Wildman–Crippen MR) is 85.3 cm³/mol. The van der Waals surface area contributed by atoms with Gasteiger partial charge >= 0.3 is 0 Å². The molecule has 2 heterocycles. The van der Waals surface area contributed by atoms with Gasteiger partial charge in [0.25, 0.3) is 5.91 Å². The van der Waals surface area contributed by atoms with Crippen molar-refractivity contribution >= 4 is 35.0 Å². The second-order valence-corrected chi connectivity index (χ2v) is 6.50. The lowest BCUT2D eigenvalue weighted by molar-refractivity contribution is -0.138. The van der Waals surface area contributed by atoms with E-state index in [0.717, 1.165) is 13.1 Å². The molecular weight excluding hydrogens is 325 g/mol. The summed E-state index contributed by atoms with van der Waals surface area (Å²) in [6, 6.07) is 4.84. The van der Waals surface area contributed by atoms with Gasteiger partial charge in [-0.2, -0.15) is 0 Å². The Balaban J connectivity index is 1.60. The van der Waals surface area contributed by atoms with Crippen LogP contribution in [-0.2, 0) is 4.79 Å². The van der Waals surface area contributed by atoms with E-state index in [1.807, 2.05) is 4.90 Å². The molecule has 1 aromatic rings. The maximum Gasteiger partial charge on any atom is 0.254 e. The van der Waals surface area contributed by atoms with Crippen LogP contribution < -0.4 is 5.32 Å². The quantitative estimate of drug-likeness (QED) is 0.886. The van der Waals surface area contributed by atoms with Crippen molar-refractivity contribution in [3.05, 3.63) is 33.8 Å². The maximum atomic E-state index is 12.5. The minimum Gasteiger partial charge on any atom is -0.339 e. The smallest absolute Gasteiger partial charge is 0.254 e. The van der Waals surface area contributed by atoms with E-state index in [4.69, 9.17) is 23.2 Å². The Bertz CT molecular complexity index is 576. The van der Waals surface area contributed by atoms with Gasteiger partial charge in [0.15, 0.2) is 0 Å². The highest BCUT2D eigenvalue weighted by atomic mass is 35.5. The number of amides is 2. The van der Waals surface area contributed by atoms with Crippen LogP contribution >= 0.6 is 23.2 Å². The highest BCUT2D eigenvalue weighted by molar-refractivity contribution is 6.35. The molecular formula is C15H17Cl2N3O2. The summed E-state index contributed by atoms with van der Waals surface area (Å²) in [6.07, 6.45) is 0. The van der Waals surface area contributed by atoms with Gasteiger partial charge in [-0.3, -0.25) is 9.59 Å². The van der Waals surface area contributed by atoms with E-state index in [1.165, 1.54) is 0 Å². The Labute approximate surface area is 139 Å². The largest absolute Gasteiger partial charge is 0.339 e. The molecule has 7 heteroatoms. The van der Waals surface area contributed by atoms with Crippen LogP contribution in [-0.4, -0.2) is 60.9 Å². The number of carbonyl (C=O) groups excluding carboxylic acids is 2. The highest BCUT2D eigenvalue weighted by Crippen LogP contribution is 2.21. The first-order valence-corrected chi connectivity index (χ1v) is 8.05. The lowest BCUT2D eigenvalue weighted by Gasteiger charge is -2.38. The molecule has 5 nitrogen and oxygen atoms in total. The molecule has 2 saturated heterocycles. The van der Waals surface area contributed by atoms with Crippen LogP contribution in [0.2, 0.25) is 10.0 Å². The van der Waals surface area contributed by atoms with E-state index in [9.17, 15) is 9.59 Å². The third-order valence-electron chi connectivity index (χ3n) is 4.12. The maximum absolute atomic E-state index is 12.5. The second-order valence-electron chi connectivity index (χ2n) is 5.63. The van der Waals surface area contributed by atoms with E-state index in [2.05, 4.69) is 5.32 Å². The fraction of sp³-hybridized carbons (Fsp3) is 0.467. The van der Waals surface area contributed by atoms with Gasteiger partial charge in [0, 0.05) is 54.9 Å². The molecule has 0 unspecified atom stereocenters. The number of nitrogens with one attached hydrogen (secondary N) is 1. The summed E-state index contributed by atoms with van der Waals surface area (Å²) in [5.41, 5.74) is 0.487. The van der Waals surface area contributed by atoms with E-state index in [-0.39, 0.29) is 17.7 Å². The Morgan fingerprint density at radius 1 is 0.955 bits per heavy atom. The topological polar surface area (TPSA) is 52.7 Å². The molecule has 0 aromatic heterocycles. The molecule has 22 heavy (non-hydrogen) atoms. The number of halogens is 2. The summed E-state index contributed by atoms with van der Waals surface area (Å²) in [6.45, 7) is 3.76. The number of nitrogens with zero attached hydrogens (tertiary/aromatic N) is 2. The van der Waals surface area contributed by atoms with Crippen molar-refractivity contribution in [1.82, 2.24) is 15.1 Å². The first kappa shape index (κ1) is 15.6. The summed E-state index contributed by atoms with van der Waals surface area (Å²) in [5.74, 6) is 0.201. The molecule has 0 bridgehead atoms. The van der Waals surface area contributed by atoms with Crippen LogP contribution in [0.15, 0.2) is 18.2 Å². The van der Waals surface area contributed by atoms with Gasteiger partial charge in [0.1, 0.15) is 0 Å². The molecule has 1 N–H and O–H groups in total. The van der Waals surface area contributed by atoms with Crippen molar-refractivity contribution in [2.45, 2.75) is 0 Å². The van der Waals surface area contributed by atoms with Gasteiger partial charge in [0.2, 0.25) is 5.91 Å². The van der Waals surface area contributed by atoms with Gasteiger partial charge in [-0.15, -0.1) is 0 Å². The molecule has 0 aliphatic carbocycles. The molecule has 2 aliphatic heterocycles. The number of hydrogen-bond donors (Lipinski definition) is 1. The lowest BCUT2D eigenvalue weighted by atomic mass is 10.0. The van der Waals surface area contributed by atoms with Crippen LogP contribution in [0.4, 0.5) is 0 Å². The van der Waals surface area contributed by atoms with Crippen LogP contribution in [0.25, 0.3) is 0 Å². The van der Waals surface area contributed by atoms with Gasteiger partial charge in [-0.05, 0) is 18.2 Å². The molecule has 0 saturated carbocycles. The van der Waals surface area contributed by atoms with Crippen molar-refractivity contribution in [3.8, 4) is 0 Å². The summed E-state index contributed by atoms with van der Waals surface area (Å²) in [5, 5.41) is 4.00. The number of piperazine rings is 1. The van der Waals surface area contributed by atoms with Crippen LogP contribution in [0, 0.1) is 5.92 Å². The minimum absolute atomic E-state index is 0.0955. The Morgan fingerprint density at radius 3 is 2.00 bits per heavy atom.